The zero-order chi connectivity index (χ0) is 12.4. The fourth-order valence-electron chi connectivity index (χ4n) is 2.98. The maximum absolute atomic E-state index is 11.0. The van der Waals surface area contributed by atoms with E-state index in [2.05, 4.69) is 10.2 Å². The highest BCUT2D eigenvalue weighted by Gasteiger charge is 2.40. The number of piperidine rings is 1. The average molecular weight is 240 g/mol. The first-order chi connectivity index (χ1) is 8.06. The number of carbonyl (C=O) groups is 2. The van der Waals surface area contributed by atoms with Gasteiger partial charge in [-0.15, -0.1) is 0 Å². The zero-order valence-corrected chi connectivity index (χ0v) is 10.4. The summed E-state index contributed by atoms with van der Waals surface area (Å²) in [6.45, 7) is 4.85. The molecule has 1 amide bonds. The minimum Gasteiger partial charge on any atom is -0.461 e. The second-order valence-corrected chi connectivity index (χ2v) is 4.97. The van der Waals surface area contributed by atoms with Gasteiger partial charge in [-0.25, -0.2) is 0 Å². The SMILES string of the molecule is CC(=O)N[C@H]1CC[C@H]2[C@@H](OC(C)=O)CCN2C1. The summed E-state index contributed by atoms with van der Waals surface area (Å²) in [6.07, 6.45) is 2.92. The van der Waals surface area contributed by atoms with Gasteiger partial charge in [0.25, 0.3) is 0 Å². The second kappa shape index (κ2) is 5.04. The molecule has 1 N–H and O–H groups in total. The Morgan fingerprint density at radius 2 is 2.00 bits per heavy atom. The molecule has 0 unspecified atom stereocenters. The van der Waals surface area contributed by atoms with Crippen LogP contribution < -0.4 is 5.32 Å². The monoisotopic (exact) mass is 240 g/mol. The lowest BCUT2D eigenvalue weighted by Gasteiger charge is -2.36. The van der Waals surface area contributed by atoms with E-state index in [1.807, 2.05) is 0 Å². The third kappa shape index (κ3) is 2.97. The van der Waals surface area contributed by atoms with Crippen LogP contribution in [0.2, 0.25) is 0 Å². The lowest BCUT2D eigenvalue weighted by molar-refractivity contribution is -0.147. The summed E-state index contributed by atoms with van der Waals surface area (Å²) in [4.78, 5) is 24.3. The van der Waals surface area contributed by atoms with Crippen molar-refractivity contribution in [2.45, 2.75) is 51.3 Å². The molecule has 2 saturated heterocycles. The Kier molecular flexibility index (Phi) is 3.66. The van der Waals surface area contributed by atoms with Gasteiger partial charge in [-0.3, -0.25) is 14.5 Å². The predicted molar refractivity (Wildman–Crippen MR) is 62.4 cm³/mol. The minimum absolute atomic E-state index is 0.0317. The van der Waals surface area contributed by atoms with Gasteiger partial charge in [0.1, 0.15) is 6.10 Å². The Morgan fingerprint density at radius 3 is 2.65 bits per heavy atom. The number of fused-ring (bicyclic) bond motifs is 1. The fourth-order valence-corrected chi connectivity index (χ4v) is 2.98. The predicted octanol–water partition coefficient (Wildman–Crippen LogP) is 0.291. The van der Waals surface area contributed by atoms with Crippen molar-refractivity contribution in [2.24, 2.45) is 0 Å². The zero-order valence-electron chi connectivity index (χ0n) is 10.4. The van der Waals surface area contributed by atoms with E-state index in [1.54, 1.807) is 6.92 Å². The molecule has 3 atom stereocenters. The van der Waals surface area contributed by atoms with Gasteiger partial charge in [0.2, 0.25) is 5.91 Å². The first kappa shape index (κ1) is 12.4. The normalized spacial score (nSPS) is 32.9. The third-order valence-corrected chi connectivity index (χ3v) is 3.59. The first-order valence-corrected chi connectivity index (χ1v) is 6.24. The van der Waals surface area contributed by atoms with Gasteiger partial charge in [0.15, 0.2) is 0 Å². The molecule has 0 bridgehead atoms. The van der Waals surface area contributed by atoms with E-state index in [4.69, 9.17) is 4.74 Å². The van der Waals surface area contributed by atoms with Crippen LogP contribution in [0.1, 0.15) is 33.1 Å². The Balaban J connectivity index is 1.89. The Hall–Kier alpha value is -1.10. The van der Waals surface area contributed by atoms with Crippen molar-refractivity contribution in [3.8, 4) is 0 Å². The summed E-state index contributed by atoms with van der Waals surface area (Å²) in [5, 5.41) is 2.96. The van der Waals surface area contributed by atoms with Crippen LogP contribution in [0.5, 0.6) is 0 Å². The third-order valence-electron chi connectivity index (χ3n) is 3.59. The topological polar surface area (TPSA) is 58.6 Å². The van der Waals surface area contributed by atoms with Crippen LogP contribution in [0.4, 0.5) is 0 Å². The number of esters is 1. The maximum atomic E-state index is 11.0. The molecule has 5 nitrogen and oxygen atoms in total. The molecule has 2 fully saturated rings. The molecular weight excluding hydrogens is 220 g/mol. The maximum Gasteiger partial charge on any atom is 0.302 e. The molecule has 96 valence electrons. The van der Waals surface area contributed by atoms with Crippen molar-refractivity contribution >= 4 is 11.9 Å². The number of rotatable bonds is 2. The summed E-state index contributed by atoms with van der Waals surface area (Å²) in [7, 11) is 0. The minimum atomic E-state index is -0.194. The molecule has 0 saturated carbocycles. The van der Waals surface area contributed by atoms with Crippen molar-refractivity contribution in [1.82, 2.24) is 10.2 Å². The molecule has 17 heavy (non-hydrogen) atoms. The van der Waals surface area contributed by atoms with Crippen molar-refractivity contribution in [1.29, 1.82) is 0 Å². The van der Waals surface area contributed by atoms with Crippen molar-refractivity contribution in [2.75, 3.05) is 13.1 Å². The highest BCUT2D eigenvalue weighted by molar-refractivity contribution is 5.73. The number of nitrogens with zero attached hydrogens (tertiary/aromatic N) is 1. The van der Waals surface area contributed by atoms with E-state index in [0.717, 1.165) is 32.4 Å². The molecule has 2 heterocycles. The Morgan fingerprint density at radius 1 is 1.24 bits per heavy atom. The van der Waals surface area contributed by atoms with Crippen LogP contribution in [0.15, 0.2) is 0 Å². The van der Waals surface area contributed by atoms with Crippen molar-refractivity contribution in [3.63, 3.8) is 0 Å². The molecule has 0 aliphatic carbocycles. The highest BCUT2D eigenvalue weighted by Crippen LogP contribution is 2.29. The summed E-state index contributed by atoms with van der Waals surface area (Å²) < 4.78 is 5.33. The van der Waals surface area contributed by atoms with E-state index in [1.165, 1.54) is 6.92 Å². The molecular formula is C12H20N2O3. The van der Waals surface area contributed by atoms with Gasteiger partial charge in [0, 0.05) is 39.0 Å². The standard InChI is InChI=1S/C12H20N2O3/c1-8(15)13-10-3-4-11-12(17-9(2)16)5-6-14(11)7-10/h10-12H,3-7H2,1-2H3,(H,13,15)/t10-,11-,12-/m0/s1. The molecule has 0 radical (unpaired) electrons. The van der Waals surface area contributed by atoms with Crippen LogP contribution in [0.25, 0.3) is 0 Å². The molecule has 0 aromatic heterocycles. The molecule has 5 heteroatoms. The summed E-state index contributed by atoms with van der Waals surface area (Å²) in [6, 6.07) is 0.601. The van der Waals surface area contributed by atoms with Gasteiger partial charge in [-0.05, 0) is 19.3 Å². The van der Waals surface area contributed by atoms with Crippen molar-refractivity contribution in [3.05, 3.63) is 0 Å². The second-order valence-electron chi connectivity index (χ2n) is 4.97. The van der Waals surface area contributed by atoms with E-state index in [0.29, 0.717) is 6.04 Å². The van der Waals surface area contributed by atoms with Gasteiger partial charge in [-0.1, -0.05) is 0 Å². The van der Waals surface area contributed by atoms with Crippen LogP contribution in [0.3, 0.4) is 0 Å². The highest BCUT2D eigenvalue weighted by atomic mass is 16.5. The van der Waals surface area contributed by atoms with Crippen molar-refractivity contribution < 1.29 is 14.3 Å². The lowest BCUT2D eigenvalue weighted by Crippen LogP contribution is -2.51. The van der Waals surface area contributed by atoms with Gasteiger partial charge in [-0.2, -0.15) is 0 Å². The lowest BCUT2D eigenvalue weighted by atomic mass is 9.97. The molecule has 0 aromatic rings. The quantitative estimate of drug-likeness (QED) is 0.705. The Labute approximate surface area is 101 Å². The molecule has 0 spiro atoms. The first-order valence-electron chi connectivity index (χ1n) is 6.24. The van der Waals surface area contributed by atoms with Crippen LogP contribution in [-0.4, -0.2) is 48.1 Å². The fraction of sp³-hybridized carbons (Fsp3) is 0.833. The smallest absolute Gasteiger partial charge is 0.302 e. The van der Waals surface area contributed by atoms with E-state index >= 15 is 0 Å². The largest absolute Gasteiger partial charge is 0.461 e. The Bertz CT molecular complexity index is 319. The van der Waals surface area contributed by atoms with Crippen LogP contribution in [-0.2, 0) is 14.3 Å². The van der Waals surface area contributed by atoms with E-state index < -0.39 is 0 Å². The number of hydrogen-bond donors (Lipinski definition) is 1. The number of ether oxygens (including phenoxy) is 1. The number of carbonyl (C=O) groups excluding carboxylic acids is 2. The molecule has 2 aliphatic rings. The number of amides is 1. The average Bonchev–Trinajstić information content (AvgIpc) is 2.59. The van der Waals surface area contributed by atoms with Crippen LogP contribution in [0, 0.1) is 0 Å². The van der Waals surface area contributed by atoms with E-state index in [-0.39, 0.29) is 24.0 Å². The molecule has 2 rings (SSSR count). The summed E-state index contributed by atoms with van der Waals surface area (Å²) in [5.74, 6) is -0.162. The molecule has 2 aliphatic heterocycles. The van der Waals surface area contributed by atoms with Gasteiger partial charge >= 0.3 is 5.97 Å². The van der Waals surface area contributed by atoms with E-state index in [9.17, 15) is 9.59 Å². The number of nitrogens with one attached hydrogen (secondary N) is 1. The number of hydrogen-bond acceptors (Lipinski definition) is 4. The molecule has 0 aromatic carbocycles. The van der Waals surface area contributed by atoms with Gasteiger partial charge in [0.05, 0.1) is 0 Å². The van der Waals surface area contributed by atoms with Crippen LogP contribution >= 0.6 is 0 Å². The van der Waals surface area contributed by atoms with Gasteiger partial charge < -0.3 is 10.1 Å². The summed E-state index contributed by atoms with van der Waals surface area (Å²) >= 11 is 0. The summed E-state index contributed by atoms with van der Waals surface area (Å²) in [5.41, 5.74) is 0.